The molecule has 0 fully saturated rings. The predicted octanol–water partition coefficient (Wildman–Crippen LogP) is 0.0679. The van der Waals surface area contributed by atoms with E-state index >= 15 is 0 Å². The number of carboxylic acid groups (broad SMARTS) is 1. The number of ketones is 1. The molecule has 0 saturated carbocycles. The molecule has 1 N–H and O–H groups in total. The fraction of sp³-hybridized carbons (Fsp3) is 0. The Morgan fingerprint density at radius 1 is 1.60 bits per heavy atom. The van der Waals surface area contributed by atoms with Crippen LogP contribution in [0.2, 0.25) is 0 Å². The molecule has 10 heavy (non-hydrogen) atoms. The van der Waals surface area contributed by atoms with Crippen LogP contribution in [0.25, 0.3) is 0 Å². The molecule has 0 spiro atoms. The van der Waals surface area contributed by atoms with Gasteiger partial charge < -0.3 is 9.84 Å². The van der Waals surface area contributed by atoms with Gasteiger partial charge in [0.1, 0.15) is 11.8 Å². The fourth-order valence-corrected chi connectivity index (χ4v) is 0.382. The Kier molecular flexibility index (Phi) is 1.30. The lowest BCUT2D eigenvalue weighted by atomic mass is 10.2. The van der Waals surface area contributed by atoms with Gasteiger partial charge >= 0.3 is 5.97 Å². The van der Waals surface area contributed by atoms with E-state index < -0.39 is 17.3 Å². The topological polar surface area (TPSA) is 66.9 Å². The first kappa shape index (κ1) is 6.54. The minimum absolute atomic E-state index is 0.0624. The summed E-state index contributed by atoms with van der Waals surface area (Å²) >= 11 is 0. The molecular weight excluding hydrogens is 136 g/mol. The molecule has 1 heterocycles. The third-order valence-electron chi connectivity index (χ3n) is 0.992. The van der Waals surface area contributed by atoms with Gasteiger partial charge in [0.15, 0.2) is 0 Å². The zero-order chi connectivity index (χ0) is 7.72. The van der Waals surface area contributed by atoms with Crippen LogP contribution in [-0.2, 0) is 14.3 Å². The number of Topliss-reactive ketones (excluding diaryl/α,β-unsaturated/α-hetero) is 1. The monoisotopic (exact) mass is 140 g/mol. The highest BCUT2D eigenvalue weighted by Crippen LogP contribution is 2.17. The van der Waals surface area contributed by atoms with Crippen molar-refractivity contribution >= 4 is 11.8 Å². The Labute approximate surface area is 56.4 Å². The Morgan fingerprint density at radius 3 is 2.40 bits per heavy atom. The van der Waals surface area contributed by atoms with Crippen LogP contribution in [0.1, 0.15) is 0 Å². The number of allylic oxidation sites excluding steroid dienone is 1. The summed E-state index contributed by atoms with van der Waals surface area (Å²) < 4.78 is 4.36. The molecule has 0 aliphatic carbocycles. The summed E-state index contributed by atoms with van der Waals surface area (Å²) in [6.07, 6.45) is 1.18. The maximum absolute atomic E-state index is 10.7. The zero-order valence-electron chi connectivity index (χ0n) is 4.96. The normalized spacial score (nSPS) is 13.0. The van der Waals surface area contributed by atoms with Crippen LogP contribution >= 0.6 is 0 Å². The first-order valence-electron chi connectivity index (χ1n) is 2.46. The molecule has 1 aliphatic heterocycles. The van der Waals surface area contributed by atoms with E-state index in [1.807, 2.05) is 0 Å². The molecule has 0 atom stereocenters. The van der Waals surface area contributed by atoms with Gasteiger partial charge in [-0.15, -0.1) is 0 Å². The van der Waals surface area contributed by atoms with Crippen molar-refractivity contribution < 1.29 is 19.4 Å². The van der Waals surface area contributed by atoms with Gasteiger partial charge in [0.25, 0.3) is 0 Å². The minimum Gasteiger partial charge on any atom is -0.478 e. The van der Waals surface area contributed by atoms with Crippen molar-refractivity contribution in [3.8, 4) is 0 Å². The Morgan fingerprint density at radius 2 is 2.10 bits per heavy atom. The highest BCUT2D eigenvalue weighted by atomic mass is 16.5. The molecule has 0 aromatic carbocycles. The molecule has 4 nitrogen and oxygen atoms in total. The number of rotatable bonds is 3. The molecule has 1 aliphatic rings. The van der Waals surface area contributed by atoms with Crippen LogP contribution in [0.3, 0.4) is 0 Å². The number of carboxylic acids is 1. The first-order chi connectivity index (χ1) is 4.63. The number of hydrogen-bond acceptors (Lipinski definition) is 3. The number of carbonyl (C=O) groups is 2. The van der Waals surface area contributed by atoms with Gasteiger partial charge in [0.2, 0.25) is 11.5 Å². The Bertz CT molecular complexity index is 236. The Hall–Kier alpha value is -1.58. The smallest absolute Gasteiger partial charge is 0.339 e. The van der Waals surface area contributed by atoms with Crippen molar-refractivity contribution in [3.63, 3.8) is 0 Å². The number of hydrogen-bond donors (Lipinski definition) is 1. The largest absolute Gasteiger partial charge is 0.478 e. The van der Waals surface area contributed by atoms with Crippen molar-refractivity contribution in [2.24, 2.45) is 0 Å². The summed E-state index contributed by atoms with van der Waals surface area (Å²) in [4.78, 5) is 20.7. The molecule has 0 saturated heterocycles. The summed E-state index contributed by atoms with van der Waals surface area (Å²) in [6, 6.07) is 0. The second kappa shape index (κ2) is 1.98. The van der Waals surface area contributed by atoms with Crippen LogP contribution in [0.4, 0.5) is 0 Å². The average molecular weight is 140 g/mol. The van der Waals surface area contributed by atoms with E-state index in [0.717, 1.165) is 0 Å². The molecule has 0 radical (unpaired) electrons. The van der Waals surface area contributed by atoms with Crippen LogP contribution in [0, 0.1) is 0 Å². The zero-order valence-corrected chi connectivity index (χ0v) is 4.96. The van der Waals surface area contributed by atoms with Gasteiger partial charge in [0.05, 0.1) is 0 Å². The molecule has 1 rings (SSSR count). The second-order valence-electron chi connectivity index (χ2n) is 1.71. The lowest BCUT2D eigenvalue weighted by molar-refractivity contribution is -0.134. The lowest BCUT2D eigenvalue weighted by Gasteiger charge is -1.89. The number of ether oxygens (including phenoxy) is 1. The van der Waals surface area contributed by atoms with Crippen molar-refractivity contribution in [2.75, 3.05) is 0 Å². The van der Waals surface area contributed by atoms with E-state index in [-0.39, 0.29) is 5.76 Å². The molecule has 4 heteroatoms. The average Bonchev–Trinajstić information content (AvgIpc) is 2.65. The summed E-state index contributed by atoms with van der Waals surface area (Å²) in [7, 11) is 0. The van der Waals surface area contributed by atoms with Gasteiger partial charge in [-0.05, 0) is 0 Å². The lowest BCUT2D eigenvalue weighted by Crippen LogP contribution is -2.09. The van der Waals surface area contributed by atoms with E-state index in [4.69, 9.17) is 5.11 Å². The summed E-state index contributed by atoms with van der Waals surface area (Å²) in [5.74, 6) is -1.92. The third kappa shape index (κ3) is 1.05. The Balaban J connectivity index is 2.65. The van der Waals surface area contributed by atoms with Crippen LogP contribution in [0.5, 0.6) is 0 Å². The minimum atomic E-state index is -1.32. The SMILES string of the molecule is C=C(C(=O)O)C(=O)C1=CO1. The first-order valence-corrected chi connectivity index (χ1v) is 2.46. The summed E-state index contributed by atoms with van der Waals surface area (Å²) in [6.45, 7) is 3.05. The van der Waals surface area contributed by atoms with Crippen molar-refractivity contribution in [2.45, 2.75) is 0 Å². The van der Waals surface area contributed by atoms with Crippen LogP contribution in [0.15, 0.2) is 24.2 Å². The summed E-state index contributed by atoms with van der Waals surface area (Å²) in [5.41, 5.74) is -0.469. The van der Waals surface area contributed by atoms with E-state index in [2.05, 4.69) is 11.3 Å². The molecular formula is C6H4O4. The van der Waals surface area contributed by atoms with Gasteiger partial charge in [-0.2, -0.15) is 0 Å². The van der Waals surface area contributed by atoms with E-state index in [1.165, 1.54) is 6.26 Å². The van der Waals surface area contributed by atoms with Crippen LogP contribution < -0.4 is 0 Å². The van der Waals surface area contributed by atoms with Crippen molar-refractivity contribution in [1.82, 2.24) is 0 Å². The highest BCUT2D eigenvalue weighted by molar-refractivity contribution is 6.23. The van der Waals surface area contributed by atoms with Gasteiger partial charge in [-0.25, -0.2) is 4.79 Å². The maximum atomic E-state index is 10.7. The quantitative estimate of drug-likeness (QED) is 0.342. The van der Waals surface area contributed by atoms with Crippen molar-refractivity contribution in [1.29, 1.82) is 0 Å². The van der Waals surface area contributed by atoms with Crippen molar-refractivity contribution in [3.05, 3.63) is 24.2 Å². The number of carbonyl (C=O) groups excluding carboxylic acids is 1. The van der Waals surface area contributed by atoms with E-state index in [0.29, 0.717) is 0 Å². The summed E-state index contributed by atoms with van der Waals surface area (Å²) in [5, 5.41) is 8.23. The highest BCUT2D eigenvalue weighted by Gasteiger charge is 2.26. The standard InChI is InChI=1S/C6H4O4/c1-3(6(8)9)5(7)4-2-10-4/h2H,1H2,(H,8,9). The van der Waals surface area contributed by atoms with Gasteiger partial charge in [-0.1, -0.05) is 6.58 Å². The fourth-order valence-electron chi connectivity index (χ4n) is 0.382. The molecule has 0 aromatic rings. The second-order valence-corrected chi connectivity index (χ2v) is 1.71. The molecule has 0 unspecified atom stereocenters. The molecule has 0 amide bonds. The number of aliphatic carboxylic acids is 1. The molecule has 0 aromatic heterocycles. The predicted molar refractivity (Wildman–Crippen MR) is 31.0 cm³/mol. The maximum Gasteiger partial charge on any atom is 0.339 e. The van der Waals surface area contributed by atoms with Gasteiger partial charge in [-0.3, -0.25) is 4.79 Å². The third-order valence-corrected chi connectivity index (χ3v) is 0.992. The van der Waals surface area contributed by atoms with E-state index in [1.54, 1.807) is 0 Å². The molecule has 52 valence electrons. The van der Waals surface area contributed by atoms with E-state index in [9.17, 15) is 9.59 Å². The molecule has 0 bridgehead atoms. The van der Waals surface area contributed by atoms with Gasteiger partial charge in [0, 0.05) is 0 Å². The van der Waals surface area contributed by atoms with Crippen LogP contribution in [-0.4, -0.2) is 16.9 Å².